The van der Waals surface area contributed by atoms with Gasteiger partial charge in [0.25, 0.3) is 0 Å². The Morgan fingerprint density at radius 3 is 2.61 bits per heavy atom. The highest BCUT2D eigenvalue weighted by Gasteiger charge is 2.35. The average Bonchev–Trinajstić information content (AvgIpc) is 2.75. The lowest BCUT2D eigenvalue weighted by Gasteiger charge is -2.28. The second kappa shape index (κ2) is 8.35. The first-order chi connectivity index (χ1) is 14.9. The van der Waals surface area contributed by atoms with Crippen molar-refractivity contribution in [3.05, 3.63) is 88.2 Å². The predicted molar refractivity (Wildman–Crippen MR) is 122 cm³/mol. The summed E-state index contributed by atoms with van der Waals surface area (Å²) in [7, 11) is 1.53. The van der Waals surface area contributed by atoms with E-state index < -0.39 is 11.9 Å². The highest BCUT2D eigenvalue weighted by atomic mass is 79.9. The van der Waals surface area contributed by atoms with Gasteiger partial charge in [-0.2, -0.15) is 0 Å². The Kier molecular flexibility index (Phi) is 5.61. The Labute approximate surface area is 187 Å². The Balaban J connectivity index is 1.95. The van der Waals surface area contributed by atoms with Crippen molar-refractivity contribution < 1.29 is 24.1 Å². The van der Waals surface area contributed by atoms with Gasteiger partial charge in [0, 0.05) is 5.56 Å². The van der Waals surface area contributed by atoms with Crippen LogP contribution in [-0.4, -0.2) is 24.8 Å². The summed E-state index contributed by atoms with van der Waals surface area (Å²) >= 11 is 3.52. The Bertz CT molecular complexity index is 1230. The molecule has 3 aromatic rings. The zero-order chi connectivity index (χ0) is 22.1. The molecular weight excluding hydrogens is 462 g/mol. The number of carboxylic acids is 1. The molecule has 0 radical (unpaired) electrons. The molecule has 0 aliphatic carbocycles. The van der Waals surface area contributed by atoms with Gasteiger partial charge in [-0.1, -0.05) is 36.9 Å². The highest BCUT2D eigenvalue weighted by molar-refractivity contribution is 9.10. The summed E-state index contributed by atoms with van der Waals surface area (Å²) in [5, 5.41) is 11.9. The maximum Gasteiger partial charge on any atom is 0.337 e. The standard InChI is InChI=1S/C24H20BrNO5/c1-3-8-30-22-17(25)10-15(12-19(22)29-2)20-16-9-13-6-4-5-7-14(13)11-18(16)31-23(26)21(20)24(27)28/h3-7,9-12,20H,1,8,26H2,2H3,(H,27,28). The van der Waals surface area contributed by atoms with Gasteiger partial charge in [-0.05, 0) is 56.5 Å². The van der Waals surface area contributed by atoms with Crippen molar-refractivity contribution in [3.8, 4) is 17.2 Å². The van der Waals surface area contributed by atoms with Gasteiger partial charge in [-0.3, -0.25) is 0 Å². The van der Waals surface area contributed by atoms with Crippen LogP contribution in [0.1, 0.15) is 17.0 Å². The van der Waals surface area contributed by atoms with Crippen LogP contribution in [0.4, 0.5) is 0 Å². The number of carboxylic acid groups (broad SMARTS) is 1. The molecule has 7 heteroatoms. The minimum atomic E-state index is -1.15. The zero-order valence-corrected chi connectivity index (χ0v) is 18.3. The fourth-order valence-corrected chi connectivity index (χ4v) is 4.36. The summed E-state index contributed by atoms with van der Waals surface area (Å²) in [5.74, 6) is -0.461. The number of fused-ring (bicyclic) bond motifs is 2. The molecular formula is C24H20BrNO5. The van der Waals surface area contributed by atoms with Gasteiger partial charge in [0.15, 0.2) is 11.5 Å². The van der Waals surface area contributed by atoms with Crippen LogP contribution < -0.4 is 19.9 Å². The van der Waals surface area contributed by atoms with Gasteiger partial charge in [0.2, 0.25) is 5.88 Å². The first kappa shape index (κ1) is 20.8. The molecule has 0 saturated carbocycles. The van der Waals surface area contributed by atoms with Gasteiger partial charge in [0.05, 0.1) is 17.5 Å². The number of aliphatic carboxylic acids is 1. The molecule has 0 saturated heterocycles. The summed E-state index contributed by atoms with van der Waals surface area (Å²) in [5.41, 5.74) is 7.42. The van der Waals surface area contributed by atoms with E-state index in [0.29, 0.717) is 39.5 Å². The maximum absolute atomic E-state index is 12.2. The van der Waals surface area contributed by atoms with E-state index in [0.717, 1.165) is 10.8 Å². The largest absolute Gasteiger partial charge is 0.493 e. The molecule has 0 spiro atoms. The van der Waals surface area contributed by atoms with Gasteiger partial charge in [0.1, 0.15) is 17.9 Å². The number of carbonyl (C=O) groups is 1. The van der Waals surface area contributed by atoms with Crippen molar-refractivity contribution in [3.63, 3.8) is 0 Å². The molecule has 1 atom stereocenters. The molecule has 6 nitrogen and oxygen atoms in total. The van der Waals surface area contributed by atoms with E-state index in [1.807, 2.05) is 42.5 Å². The van der Waals surface area contributed by atoms with Crippen molar-refractivity contribution in [1.29, 1.82) is 0 Å². The quantitative estimate of drug-likeness (QED) is 0.483. The number of methoxy groups -OCH3 is 1. The van der Waals surface area contributed by atoms with Crippen LogP contribution in [0, 0.1) is 0 Å². The molecule has 4 rings (SSSR count). The number of nitrogens with two attached hydrogens (primary N) is 1. The molecule has 1 aliphatic heterocycles. The van der Waals surface area contributed by atoms with Gasteiger partial charge < -0.3 is 25.1 Å². The number of rotatable bonds is 6. The predicted octanol–water partition coefficient (Wildman–Crippen LogP) is 4.95. The summed E-state index contributed by atoms with van der Waals surface area (Å²) in [6.07, 6.45) is 1.63. The Hall–Kier alpha value is -3.45. The van der Waals surface area contributed by atoms with Crippen LogP contribution in [0.25, 0.3) is 10.8 Å². The Morgan fingerprint density at radius 2 is 1.97 bits per heavy atom. The number of hydrogen-bond acceptors (Lipinski definition) is 5. The summed E-state index contributed by atoms with van der Waals surface area (Å²) in [4.78, 5) is 12.2. The molecule has 3 N–H and O–H groups in total. The summed E-state index contributed by atoms with van der Waals surface area (Å²) in [6.45, 7) is 3.96. The van der Waals surface area contributed by atoms with E-state index >= 15 is 0 Å². The van der Waals surface area contributed by atoms with Gasteiger partial charge >= 0.3 is 5.97 Å². The third-order valence-corrected chi connectivity index (χ3v) is 5.71. The van der Waals surface area contributed by atoms with E-state index in [-0.39, 0.29) is 11.5 Å². The van der Waals surface area contributed by atoms with Gasteiger partial charge in [-0.25, -0.2) is 4.79 Å². The second-order valence-corrected chi connectivity index (χ2v) is 7.84. The van der Waals surface area contributed by atoms with Crippen molar-refractivity contribution in [2.45, 2.75) is 5.92 Å². The van der Waals surface area contributed by atoms with Crippen LogP contribution in [0.15, 0.2) is 77.1 Å². The molecule has 1 unspecified atom stereocenters. The second-order valence-electron chi connectivity index (χ2n) is 6.99. The van der Waals surface area contributed by atoms with Crippen LogP contribution in [-0.2, 0) is 4.79 Å². The normalized spacial score (nSPS) is 15.2. The minimum absolute atomic E-state index is 0.0310. The SMILES string of the molecule is C=CCOc1c(Br)cc(C2C(C(=O)O)=C(N)Oc3cc4ccccc4cc32)cc1OC. The van der Waals surface area contributed by atoms with Gasteiger partial charge in [-0.15, -0.1) is 0 Å². The lowest BCUT2D eigenvalue weighted by Crippen LogP contribution is -2.26. The number of benzene rings is 3. The average molecular weight is 482 g/mol. The highest BCUT2D eigenvalue weighted by Crippen LogP contribution is 2.47. The number of ether oxygens (including phenoxy) is 3. The fraction of sp³-hybridized carbons (Fsp3) is 0.125. The van der Waals surface area contributed by atoms with Crippen molar-refractivity contribution in [2.75, 3.05) is 13.7 Å². The van der Waals surface area contributed by atoms with E-state index in [9.17, 15) is 9.90 Å². The lowest BCUT2D eigenvalue weighted by atomic mass is 9.82. The van der Waals surface area contributed by atoms with Crippen molar-refractivity contribution >= 4 is 32.7 Å². The molecule has 31 heavy (non-hydrogen) atoms. The third kappa shape index (κ3) is 3.72. The molecule has 0 bridgehead atoms. The topological polar surface area (TPSA) is 91.0 Å². The van der Waals surface area contributed by atoms with E-state index in [4.69, 9.17) is 19.9 Å². The summed E-state index contributed by atoms with van der Waals surface area (Å²) < 4.78 is 17.6. The fourth-order valence-electron chi connectivity index (χ4n) is 3.79. The molecule has 158 valence electrons. The van der Waals surface area contributed by atoms with Crippen LogP contribution in [0.5, 0.6) is 17.2 Å². The van der Waals surface area contributed by atoms with E-state index in [2.05, 4.69) is 22.5 Å². The first-order valence-electron chi connectivity index (χ1n) is 9.49. The zero-order valence-electron chi connectivity index (χ0n) is 16.7. The molecule has 1 heterocycles. The molecule has 0 fully saturated rings. The lowest BCUT2D eigenvalue weighted by molar-refractivity contribution is -0.133. The van der Waals surface area contributed by atoms with Crippen molar-refractivity contribution in [2.24, 2.45) is 5.73 Å². The molecule has 3 aromatic carbocycles. The van der Waals surface area contributed by atoms with E-state index in [1.165, 1.54) is 7.11 Å². The maximum atomic E-state index is 12.2. The Morgan fingerprint density at radius 1 is 1.26 bits per heavy atom. The number of hydrogen-bond donors (Lipinski definition) is 2. The number of halogens is 1. The summed E-state index contributed by atoms with van der Waals surface area (Å²) in [6, 6.07) is 15.2. The minimum Gasteiger partial charge on any atom is -0.493 e. The monoisotopic (exact) mass is 481 g/mol. The van der Waals surface area contributed by atoms with E-state index in [1.54, 1.807) is 12.1 Å². The third-order valence-electron chi connectivity index (χ3n) is 5.12. The first-order valence-corrected chi connectivity index (χ1v) is 10.3. The molecule has 0 aromatic heterocycles. The van der Waals surface area contributed by atoms with Crippen molar-refractivity contribution in [1.82, 2.24) is 0 Å². The molecule has 0 amide bonds. The van der Waals surface area contributed by atoms with Crippen LogP contribution in [0.3, 0.4) is 0 Å². The molecule has 1 aliphatic rings. The smallest absolute Gasteiger partial charge is 0.337 e. The van der Waals surface area contributed by atoms with Crippen LogP contribution >= 0.6 is 15.9 Å². The van der Waals surface area contributed by atoms with Crippen LogP contribution in [0.2, 0.25) is 0 Å².